The molecule has 0 bridgehead atoms. The Bertz CT molecular complexity index is 1790. The van der Waals surface area contributed by atoms with Gasteiger partial charge in [-0.2, -0.15) is 0 Å². The van der Waals surface area contributed by atoms with E-state index < -0.39 is 24.3 Å². The molecule has 0 spiro atoms. The number of anilines is 3. The summed E-state index contributed by atoms with van der Waals surface area (Å²) in [4.78, 5) is 68.4. The Labute approximate surface area is 320 Å². The molecular formula is C40H50FN7O7. The summed E-state index contributed by atoms with van der Waals surface area (Å²) >= 11 is 0. The first-order valence-electron chi connectivity index (χ1n) is 18.5. The van der Waals surface area contributed by atoms with Crippen LogP contribution in [0.5, 0.6) is 0 Å². The maximum atomic E-state index is 13.9. The fourth-order valence-electron chi connectivity index (χ4n) is 7.02. The number of halogens is 1. The molecule has 0 aromatic heterocycles. The van der Waals surface area contributed by atoms with Gasteiger partial charge in [0.25, 0.3) is 0 Å². The molecule has 3 aromatic rings. The third-order valence-corrected chi connectivity index (χ3v) is 9.83. The number of rotatable bonds is 14. The van der Waals surface area contributed by atoms with E-state index in [9.17, 15) is 28.4 Å². The lowest BCUT2D eigenvalue weighted by Crippen LogP contribution is -2.51. The number of ether oxygens (including phenoxy) is 2. The van der Waals surface area contributed by atoms with Crippen molar-refractivity contribution in [3.05, 3.63) is 89.7 Å². The summed E-state index contributed by atoms with van der Waals surface area (Å²) in [6.07, 6.45) is 1.57. The summed E-state index contributed by atoms with van der Waals surface area (Å²) < 4.78 is 23.2. The molecule has 3 aromatic carbocycles. The zero-order valence-electron chi connectivity index (χ0n) is 31.7. The number of alkyl carbamates (subject to hydrolysis) is 2. The van der Waals surface area contributed by atoms with Crippen molar-refractivity contribution < 1.29 is 37.8 Å². The maximum Gasteiger partial charge on any atom is 0.407 e. The Hall–Kier alpha value is -5.70. The molecule has 2 saturated heterocycles. The summed E-state index contributed by atoms with van der Waals surface area (Å²) in [5.41, 5.74) is 3.99. The number of benzene rings is 3. The van der Waals surface area contributed by atoms with Crippen LogP contribution in [0.2, 0.25) is 0 Å². The van der Waals surface area contributed by atoms with Crippen molar-refractivity contribution in [3.8, 4) is 0 Å². The largest absolute Gasteiger partial charge is 0.453 e. The normalized spacial score (nSPS) is 17.8. The van der Waals surface area contributed by atoms with Crippen LogP contribution in [0.4, 0.5) is 31.0 Å². The molecule has 5 rings (SSSR count). The zero-order chi connectivity index (χ0) is 39.5. The van der Waals surface area contributed by atoms with Crippen LogP contribution in [0.15, 0.2) is 72.8 Å². The van der Waals surface area contributed by atoms with E-state index in [2.05, 4.69) is 40.5 Å². The highest BCUT2D eigenvalue weighted by atomic mass is 19.1. The monoisotopic (exact) mass is 759 g/mol. The highest BCUT2D eigenvalue weighted by Crippen LogP contribution is 2.25. The van der Waals surface area contributed by atoms with Crippen molar-refractivity contribution in [2.45, 2.75) is 76.8 Å². The molecule has 294 valence electrons. The van der Waals surface area contributed by atoms with E-state index in [4.69, 9.17) is 0 Å². The zero-order valence-corrected chi connectivity index (χ0v) is 31.7. The van der Waals surface area contributed by atoms with E-state index in [1.54, 1.807) is 31.2 Å². The molecule has 2 aliphatic heterocycles. The van der Waals surface area contributed by atoms with Gasteiger partial charge in [0.15, 0.2) is 0 Å². The van der Waals surface area contributed by atoms with E-state index >= 15 is 0 Å². The van der Waals surface area contributed by atoms with Gasteiger partial charge in [0.05, 0.1) is 20.3 Å². The number of carbonyl (C=O) groups is 5. The van der Waals surface area contributed by atoms with Gasteiger partial charge in [-0.25, -0.2) is 14.0 Å². The molecule has 15 heteroatoms. The first kappa shape index (κ1) is 40.5. The van der Waals surface area contributed by atoms with Crippen LogP contribution in [-0.2, 0) is 36.9 Å². The quantitative estimate of drug-likeness (QED) is 0.180. The molecule has 2 fully saturated rings. The SMILES string of the molecule is COC(=O)NC(C)CN1CCCC1C(=O)Nc1ccc(CN(Cc2ccc(NC(=O)C3CCCN3C(=O)C(C)NC(=O)OC)cc2)c2ccc(F)cc2)cc1. The minimum absolute atomic E-state index is 0.0975. The number of nitrogens with one attached hydrogen (secondary N) is 4. The van der Waals surface area contributed by atoms with Gasteiger partial charge in [-0.05, 0) is 106 Å². The predicted octanol–water partition coefficient (Wildman–Crippen LogP) is 4.85. The van der Waals surface area contributed by atoms with Gasteiger partial charge < -0.3 is 40.5 Å². The van der Waals surface area contributed by atoms with Gasteiger partial charge in [0.1, 0.15) is 17.9 Å². The summed E-state index contributed by atoms with van der Waals surface area (Å²) in [5, 5.41) is 11.2. The highest BCUT2D eigenvalue weighted by molar-refractivity contribution is 5.98. The maximum absolute atomic E-state index is 13.9. The minimum atomic E-state index is -0.838. The second kappa shape index (κ2) is 19.1. The molecule has 55 heavy (non-hydrogen) atoms. The van der Waals surface area contributed by atoms with E-state index in [1.165, 1.54) is 31.3 Å². The standard InChI is InChI=1S/C40H50FN7O7/c1-26(42-39(52)54-3)23-46-21-5-7-34(46)36(49)44-31-15-9-28(10-16-31)24-47(33-19-13-30(41)14-20-33)25-29-11-17-32(18-12-29)45-37(50)35-8-6-22-48(35)38(51)27(2)43-40(53)55-4/h9-20,26-27,34-35H,5-8,21-25H2,1-4H3,(H,42,52)(H,43,53)(H,44,49)(H,45,50). The lowest BCUT2D eigenvalue weighted by Gasteiger charge is -2.27. The van der Waals surface area contributed by atoms with Gasteiger partial charge in [-0.15, -0.1) is 0 Å². The Balaban J connectivity index is 1.19. The van der Waals surface area contributed by atoms with Crippen LogP contribution in [0, 0.1) is 5.82 Å². The predicted molar refractivity (Wildman–Crippen MR) is 206 cm³/mol. The van der Waals surface area contributed by atoms with Gasteiger partial charge in [0, 0.05) is 49.3 Å². The van der Waals surface area contributed by atoms with Crippen molar-refractivity contribution in [3.63, 3.8) is 0 Å². The van der Waals surface area contributed by atoms with Gasteiger partial charge in [-0.3, -0.25) is 19.3 Å². The molecule has 14 nitrogen and oxygen atoms in total. The third-order valence-electron chi connectivity index (χ3n) is 9.83. The molecule has 2 aliphatic rings. The van der Waals surface area contributed by atoms with Gasteiger partial charge in [-0.1, -0.05) is 24.3 Å². The highest BCUT2D eigenvalue weighted by Gasteiger charge is 2.36. The second-order valence-corrected chi connectivity index (χ2v) is 13.9. The Morgan fingerprint density at radius 2 is 1.24 bits per heavy atom. The molecule has 5 amide bonds. The van der Waals surface area contributed by atoms with Crippen LogP contribution >= 0.6 is 0 Å². The molecule has 2 heterocycles. The topological polar surface area (TPSA) is 162 Å². The summed E-state index contributed by atoms with van der Waals surface area (Å²) in [7, 11) is 2.54. The molecule has 0 saturated carbocycles. The van der Waals surface area contributed by atoms with Crippen LogP contribution in [0.25, 0.3) is 0 Å². The lowest BCUT2D eigenvalue weighted by molar-refractivity contribution is -0.137. The van der Waals surface area contributed by atoms with E-state index in [0.717, 1.165) is 36.2 Å². The van der Waals surface area contributed by atoms with E-state index in [-0.39, 0.29) is 35.6 Å². The van der Waals surface area contributed by atoms with Crippen molar-refractivity contribution in [1.29, 1.82) is 0 Å². The number of hydrogen-bond donors (Lipinski definition) is 4. The molecular weight excluding hydrogens is 709 g/mol. The Morgan fingerprint density at radius 1 is 0.727 bits per heavy atom. The van der Waals surface area contributed by atoms with Gasteiger partial charge in [0.2, 0.25) is 17.7 Å². The summed E-state index contributed by atoms with van der Waals surface area (Å²) in [5.74, 6) is -1.10. The van der Waals surface area contributed by atoms with Crippen molar-refractivity contribution >= 4 is 47.0 Å². The Kier molecular flexibility index (Phi) is 14.0. The van der Waals surface area contributed by atoms with Crippen molar-refractivity contribution in [1.82, 2.24) is 20.4 Å². The summed E-state index contributed by atoms with van der Waals surface area (Å²) in [6, 6.07) is 19.4. The van der Waals surface area contributed by atoms with E-state index in [0.29, 0.717) is 50.4 Å². The van der Waals surface area contributed by atoms with Crippen LogP contribution in [-0.4, -0.2) is 97.7 Å². The average Bonchev–Trinajstić information content (AvgIpc) is 3.86. The first-order chi connectivity index (χ1) is 26.4. The number of amides is 5. The van der Waals surface area contributed by atoms with Crippen LogP contribution in [0.3, 0.4) is 0 Å². The number of nitrogens with zero attached hydrogens (tertiary/aromatic N) is 3. The number of methoxy groups -OCH3 is 2. The number of carbonyl (C=O) groups excluding carboxylic acids is 5. The lowest BCUT2D eigenvalue weighted by atomic mass is 10.1. The van der Waals surface area contributed by atoms with Gasteiger partial charge >= 0.3 is 12.2 Å². The summed E-state index contributed by atoms with van der Waals surface area (Å²) in [6.45, 7) is 6.11. The van der Waals surface area contributed by atoms with Crippen molar-refractivity contribution in [2.24, 2.45) is 0 Å². The van der Waals surface area contributed by atoms with E-state index in [1.807, 2.05) is 43.3 Å². The average molecular weight is 760 g/mol. The first-order valence-corrected chi connectivity index (χ1v) is 18.5. The fraction of sp³-hybridized carbons (Fsp3) is 0.425. The molecule has 0 aliphatic carbocycles. The number of likely N-dealkylation sites (tertiary alicyclic amines) is 2. The Morgan fingerprint density at radius 3 is 1.80 bits per heavy atom. The molecule has 4 atom stereocenters. The van der Waals surface area contributed by atoms with Crippen molar-refractivity contribution in [2.75, 3.05) is 49.4 Å². The molecule has 4 N–H and O–H groups in total. The van der Waals surface area contributed by atoms with Crippen LogP contribution < -0.4 is 26.2 Å². The minimum Gasteiger partial charge on any atom is -0.453 e. The fourth-order valence-corrected chi connectivity index (χ4v) is 7.02. The smallest absolute Gasteiger partial charge is 0.407 e. The number of hydrogen-bond acceptors (Lipinski definition) is 9. The second-order valence-electron chi connectivity index (χ2n) is 13.9. The molecule has 4 unspecified atom stereocenters. The molecule has 0 radical (unpaired) electrons. The third kappa shape index (κ3) is 11.2. The van der Waals surface area contributed by atoms with Crippen LogP contribution in [0.1, 0.15) is 50.7 Å².